The third-order valence-corrected chi connectivity index (χ3v) is 5.12. The molecule has 1 N–H and O–H groups in total. The van der Waals surface area contributed by atoms with E-state index in [0.717, 1.165) is 4.57 Å². The Balaban J connectivity index is 1.44. The van der Waals surface area contributed by atoms with Gasteiger partial charge in [0, 0.05) is 19.3 Å². The van der Waals surface area contributed by atoms with E-state index >= 15 is 0 Å². The molecule has 0 saturated carbocycles. The fourth-order valence-corrected chi connectivity index (χ4v) is 3.57. The number of H-pyrrole nitrogens is 1. The second-order valence-corrected chi connectivity index (χ2v) is 6.99. The van der Waals surface area contributed by atoms with Crippen LogP contribution in [0.25, 0.3) is 11.5 Å². The van der Waals surface area contributed by atoms with Crippen molar-refractivity contribution in [3.63, 3.8) is 0 Å². The highest BCUT2D eigenvalue weighted by atomic mass is 19.4. The minimum Gasteiger partial charge on any atom is -0.329 e. The lowest BCUT2D eigenvalue weighted by molar-refractivity contribution is -0.147. The van der Waals surface area contributed by atoms with Gasteiger partial charge in [-0.2, -0.15) is 18.3 Å². The summed E-state index contributed by atoms with van der Waals surface area (Å²) in [6.07, 6.45) is -1.67. The molecule has 1 aliphatic heterocycles. The molecule has 0 atom stereocenters. The molecule has 5 heterocycles. The predicted octanol–water partition coefficient (Wildman–Crippen LogP) is 0.783. The zero-order valence-electron chi connectivity index (χ0n) is 16.0. The predicted molar refractivity (Wildman–Crippen MR) is 97.4 cm³/mol. The molecule has 31 heavy (non-hydrogen) atoms. The van der Waals surface area contributed by atoms with Crippen molar-refractivity contribution in [1.29, 1.82) is 0 Å². The van der Waals surface area contributed by atoms with Crippen molar-refractivity contribution in [2.45, 2.75) is 26.2 Å². The molecule has 0 fully saturated rings. The number of hydrogen-bond acceptors (Lipinski definition) is 6. The van der Waals surface area contributed by atoms with E-state index in [1.807, 2.05) is 0 Å². The maximum absolute atomic E-state index is 13.0. The number of carbonyl (C=O) groups is 1. The summed E-state index contributed by atoms with van der Waals surface area (Å²) in [6.45, 7) is 1.50. The number of halogens is 3. The minimum absolute atomic E-state index is 0.0565. The van der Waals surface area contributed by atoms with Crippen LogP contribution in [0.2, 0.25) is 0 Å². The van der Waals surface area contributed by atoms with E-state index in [-0.39, 0.29) is 42.5 Å². The Kier molecular flexibility index (Phi) is 4.00. The maximum Gasteiger partial charge on any atom is 0.451 e. The van der Waals surface area contributed by atoms with Gasteiger partial charge in [0.15, 0.2) is 5.82 Å². The van der Waals surface area contributed by atoms with E-state index in [0.29, 0.717) is 11.2 Å². The van der Waals surface area contributed by atoms with Gasteiger partial charge >= 0.3 is 6.18 Å². The first-order chi connectivity index (χ1) is 14.7. The van der Waals surface area contributed by atoms with Crippen molar-refractivity contribution in [2.75, 3.05) is 6.54 Å². The van der Waals surface area contributed by atoms with Crippen LogP contribution in [0, 0.1) is 6.92 Å². The smallest absolute Gasteiger partial charge is 0.329 e. The summed E-state index contributed by atoms with van der Waals surface area (Å²) in [4.78, 5) is 29.2. The number of amides is 1. The molecule has 0 aromatic carbocycles. The van der Waals surface area contributed by atoms with Crippen LogP contribution in [-0.4, -0.2) is 56.5 Å². The molecule has 160 valence electrons. The van der Waals surface area contributed by atoms with Crippen molar-refractivity contribution in [3.05, 3.63) is 57.8 Å². The summed E-state index contributed by atoms with van der Waals surface area (Å²) in [6, 6.07) is 3.28. The molecule has 0 spiro atoms. The Morgan fingerprint density at radius 1 is 1.23 bits per heavy atom. The summed E-state index contributed by atoms with van der Waals surface area (Å²) in [5.41, 5.74) is 0.649. The van der Waals surface area contributed by atoms with Crippen molar-refractivity contribution in [2.24, 2.45) is 0 Å². The van der Waals surface area contributed by atoms with Crippen LogP contribution in [0.15, 0.2) is 29.3 Å². The summed E-state index contributed by atoms with van der Waals surface area (Å²) in [7, 11) is 0. The quantitative estimate of drug-likeness (QED) is 0.499. The van der Waals surface area contributed by atoms with E-state index in [2.05, 4.69) is 25.4 Å². The van der Waals surface area contributed by atoms with Gasteiger partial charge in [-0.1, -0.05) is 0 Å². The molecule has 5 rings (SSSR count). The Hall–Kier alpha value is -3.97. The van der Waals surface area contributed by atoms with Gasteiger partial charge in [0.25, 0.3) is 11.5 Å². The summed E-state index contributed by atoms with van der Waals surface area (Å²) in [5.74, 6) is -1.32. The largest absolute Gasteiger partial charge is 0.451 e. The zero-order valence-corrected chi connectivity index (χ0v) is 16.0. The number of hydrogen-bond donors (Lipinski definition) is 1. The van der Waals surface area contributed by atoms with Gasteiger partial charge < -0.3 is 9.47 Å². The van der Waals surface area contributed by atoms with Crippen LogP contribution in [-0.2, 0) is 19.3 Å². The van der Waals surface area contributed by atoms with Gasteiger partial charge in [-0.15, -0.1) is 15.3 Å². The molecule has 0 radical (unpaired) electrons. The van der Waals surface area contributed by atoms with Crippen LogP contribution in [0.3, 0.4) is 0 Å². The highest BCUT2D eigenvalue weighted by molar-refractivity contribution is 5.95. The fraction of sp³-hybridized carbons (Fsp3) is 0.294. The van der Waals surface area contributed by atoms with E-state index in [1.165, 1.54) is 20.3 Å². The van der Waals surface area contributed by atoms with Gasteiger partial charge in [-0.25, -0.2) is 9.20 Å². The molecular weight excluding hydrogens is 419 g/mol. The average molecular weight is 433 g/mol. The van der Waals surface area contributed by atoms with Crippen molar-refractivity contribution in [1.82, 2.24) is 44.0 Å². The minimum atomic E-state index is -4.61. The average Bonchev–Trinajstić information content (AvgIpc) is 3.44. The lowest BCUT2D eigenvalue weighted by Gasteiger charge is -2.28. The second-order valence-electron chi connectivity index (χ2n) is 6.99. The number of aromatic nitrogens is 8. The molecule has 1 amide bonds. The van der Waals surface area contributed by atoms with Gasteiger partial charge in [-0.05, 0) is 19.1 Å². The Bertz CT molecular complexity index is 1380. The number of fused-ring (bicyclic) bond motifs is 2. The molecule has 4 aromatic heterocycles. The first-order valence-electron chi connectivity index (χ1n) is 9.15. The number of aromatic amines is 1. The lowest BCUT2D eigenvalue weighted by Crippen LogP contribution is -2.39. The number of nitrogens with one attached hydrogen (secondary N) is 1. The van der Waals surface area contributed by atoms with Crippen LogP contribution in [0.1, 0.15) is 27.7 Å². The highest BCUT2D eigenvalue weighted by Crippen LogP contribution is 2.29. The third kappa shape index (κ3) is 2.98. The summed E-state index contributed by atoms with van der Waals surface area (Å²) in [5, 5.41) is 15.2. The highest BCUT2D eigenvalue weighted by Gasteiger charge is 2.40. The normalized spacial score (nSPS) is 14.3. The zero-order chi connectivity index (χ0) is 21.9. The number of rotatable bonds is 2. The van der Waals surface area contributed by atoms with Gasteiger partial charge in [-0.3, -0.25) is 14.6 Å². The topological polar surface area (TPSA) is 119 Å². The molecule has 1 aliphatic rings. The SMILES string of the molecule is Cc1c(C(=O)N2CCn3c(nnc3C(F)(F)F)C2)cnn1-c1nn2cccc2c(=O)[nH]1. The van der Waals surface area contributed by atoms with Crippen LogP contribution >= 0.6 is 0 Å². The molecule has 0 aliphatic carbocycles. The van der Waals surface area contributed by atoms with Crippen molar-refractivity contribution in [3.8, 4) is 5.95 Å². The molecule has 0 bridgehead atoms. The number of alkyl halides is 3. The molecule has 0 saturated heterocycles. The fourth-order valence-electron chi connectivity index (χ4n) is 3.57. The van der Waals surface area contributed by atoms with E-state index < -0.39 is 17.9 Å². The van der Waals surface area contributed by atoms with E-state index in [4.69, 9.17) is 0 Å². The van der Waals surface area contributed by atoms with Crippen LogP contribution in [0.4, 0.5) is 13.2 Å². The van der Waals surface area contributed by atoms with Crippen LogP contribution < -0.4 is 5.56 Å². The molecule has 4 aromatic rings. The second kappa shape index (κ2) is 6.52. The summed E-state index contributed by atoms with van der Waals surface area (Å²) < 4.78 is 42.7. The summed E-state index contributed by atoms with van der Waals surface area (Å²) >= 11 is 0. The van der Waals surface area contributed by atoms with Gasteiger partial charge in [0.05, 0.1) is 24.0 Å². The lowest BCUT2D eigenvalue weighted by atomic mass is 10.2. The monoisotopic (exact) mass is 433 g/mol. The number of carbonyl (C=O) groups excluding carboxylic acids is 1. The Morgan fingerprint density at radius 2 is 2.03 bits per heavy atom. The molecule has 0 unspecified atom stereocenters. The standard InChI is InChI=1S/C17H14F3N9O2/c1-9-10(7-21-29(9)16-22-13(30)11-3-2-4-28(11)25-16)14(31)26-5-6-27-12(8-26)23-24-15(27)17(18,19)20/h2-4,7H,5-6,8H2,1H3,(H,22,25,30). The number of nitrogens with zero attached hydrogens (tertiary/aromatic N) is 8. The molecule has 14 heteroatoms. The van der Waals surface area contributed by atoms with E-state index in [9.17, 15) is 22.8 Å². The first-order valence-corrected chi connectivity index (χ1v) is 9.15. The van der Waals surface area contributed by atoms with E-state index in [1.54, 1.807) is 25.3 Å². The third-order valence-electron chi connectivity index (χ3n) is 5.12. The molecular formula is C17H14F3N9O2. The maximum atomic E-state index is 13.0. The van der Waals surface area contributed by atoms with Gasteiger partial charge in [0.1, 0.15) is 5.52 Å². The van der Waals surface area contributed by atoms with Crippen molar-refractivity contribution < 1.29 is 18.0 Å². The molecule has 11 nitrogen and oxygen atoms in total. The van der Waals surface area contributed by atoms with Crippen LogP contribution in [0.5, 0.6) is 0 Å². The Labute approximate surface area is 170 Å². The van der Waals surface area contributed by atoms with Gasteiger partial charge in [0.2, 0.25) is 11.8 Å². The van der Waals surface area contributed by atoms with Crippen molar-refractivity contribution >= 4 is 11.4 Å². The Morgan fingerprint density at radius 3 is 2.81 bits per heavy atom. The first kappa shape index (κ1) is 19.0.